The van der Waals surface area contributed by atoms with E-state index >= 15 is 0 Å². The van der Waals surface area contributed by atoms with Gasteiger partial charge in [0.15, 0.2) is 0 Å². The second-order valence-corrected chi connectivity index (χ2v) is 9.75. The maximum absolute atomic E-state index is 14.1. The Morgan fingerprint density at radius 3 is 2.43 bits per heavy atom. The summed E-state index contributed by atoms with van der Waals surface area (Å²) in [6.45, 7) is 4.63. The predicted octanol–water partition coefficient (Wildman–Crippen LogP) is 4.82. The van der Waals surface area contributed by atoms with Gasteiger partial charge < -0.3 is 9.80 Å². The van der Waals surface area contributed by atoms with Gasteiger partial charge in [0.05, 0.1) is 22.8 Å². The van der Waals surface area contributed by atoms with Crippen molar-refractivity contribution in [2.75, 3.05) is 13.1 Å². The first kappa shape index (κ1) is 25.2. The number of hydrogen-bond acceptors (Lipinski definition) is 3. The van der Waals surface area contributed by atoms with E-state index in [-0.39, 0.29) is 23.9 Å². The van der Waals surface area contributed by atoms with Crippen molar-refractivity contribution in [2.45, 2.75) is 57.5 Å². The van der Waals surface area contributed by atoms with Crippen LogP contribution in [0.1, 0.15) is 54.6 Å². The third kappa shape index (κ3) is 5.19. The molecule has 2 heterocycles. The lowest BCUT2D eigenvalue weighted by atomic mass is 9.94. The predicted molar refractivity (Wildman–Crippen MR) is 123 cm³/mol. The molecule has 2 saturated heterocycles. The summed E-state index contributed by atoms with van der Waals surface area (Å²) in [5.74, 6) is -0.907. The normalized spacial score (nSPS) is 20.2. The zero-order valence-electron chi connectivity index (χ0n) is 19.7. The number of alkyl halides is 3. The van der Waals surface area contributed by atoms with Gasteiger partial charge in [-0.2, -0.15) is 13.2 Å². The van der Waals surface area contributed by atoms with Crippen molar-refractivity contribution in [3.05, 3.63) is 71.0 Å². The fourth-order valence-electron chi connectivity index (χ4n) is 5.05. The van der Waals surface area contributed by atoms with Crippen molar-refractivity contribution in [3.8, 4) is 0 Å². The van der Waals surface area contributed by atoms with Crippen LogP contribution in [0.15, 0.2) is 48.5 Å². The number of nitrogens with one attached hydrogen (secondary N) is 1. The van der Waals surface area contributed by atoms with Gasteiger partial charge in [-0.05, 0) is 42.2 Å². The van der Waals surface area contributed by atoms with Gasteiger partial charge in [-0.25, -0.2) is 4.39 Å². The van der Waals surface area contributed by atoms with Crippen LogP contribution in [0.3, 0.4) is 0 Å². The summed E-state index contributed by atoms with van der Waals surface area (Å²) in [6.07, 6.45) is -3.09. The van der Waals surface area contributed by atoms with Crippen molar-refractivity contribution in [2.24, 2.45) is 5.92 Å². The highest BCUT2D eigenvalue weighted by Gasteiger charge is 2.51. The first-order valence-electron chi connectivity index (χ1n) is 11.8. The average Bonchev–Trinajstić information content (AvgIpc) is 3.04. The zero-order chi connectivity index (χ0) is 25.4. The smallest absolute Gasteiger partial charge is 0.338 e. The Morgan fingerprint density at radius 2 is 1.80 bits per heavy atom. The van der Waals surface area contributed by atoms with E-state index in [1.54, 1.807) is 21.9 Å². The van der Waals surface area contributed by atoms with E-state index in [9.17, 15) is 27.2 Å². The van der Waals surface area contributed by atoms with Crippen molar-refractivity contribution in [1.29, 1.82) is 0 Å². The number of halogens is 4. The van der Waals surface area contributed by atoms with Gasteiger partial charge in [-0.3, -0.25) is 14.9 Å². The molecule has 0 saturated carbocycles. The number of benzene rings is 2. The van der Waals surface area contributed by atoms with E-state index in [1.165, 1.54) is 24.3 Å². The van der Waals surface area contributed by atoms with Gasteiger partial charge in [0, 0.05) is 32.5 Å². The molecule has 0 bridgehead atoms. The molecule has 0 aromatic heterocycles. The number of amides is 2. The minimum atomic E-state index is -4.47. The molecule has 2 aliphatic rings. The molecule has 188 valence electrons. The number of carbonyl (C=O) groups excluding carboxylic acids is 2. The van der Waals surface area contributed by atoms with E-state index in [0.717, 1.165) is 12.1 Å². The second kappa shape index (κ2) is 9.60. The molecule has 0 radical (unpaired) electrons. The summed E-state index contributed by atoms with van der Waals surface area (Å²) in [7, 11) is 0. The molecular weight excluding hydrogens is 462 g/mol. The number of hydrogen-bond donors (Lipinski definition) is 1. The molecule has 2 aromatic carbocycles. The third-order valence-corrected chi connectivity index (χ3v) is 6.81. The van der Waals surface area contributed by atoms with Crippen LogP contribution in [0.5, 0.6) is 0 Å². The van der Waals surface area contributed by atoms with E-state index in [0.29, 0.717) is 37.9 Å². The highest BCUT2D eigenvalue weighted by atomic mass is 19.4. The van der Waals surface area contributed by atoms with Crippen LogP contribution in [0.2, 0.25) is 0 Å². The summed E-state index contributed by atoms with van der Waals surface area (Å²) in [6, 6.07) is 10.4. The molecule has 4 rings (SSSR count). The SMILES string of the molecule is CC(C)CC1NC2(CCN(C(=O)c3ccccc3F)CC2)N(Cc2cccc(C(F)(F)F)c2)C1=O. The molecule has 2 aliphatic heterocycles. The van der Waals surface area contributed by atoms with Crippen molar-refractivity contribution in [3.63, 3.8) is 0 Å². The Hall–Kier alpha value is -2.94. The molecule has 5 nitrogen and oxygen atoms in total. The lowest BCUT2D eigenvalue weighted by molar-refractivity contribution is -0.137. The van der Waals surface area contributed by atoms with Gasteiger partial charge >= 0.3 is 6.18 Å². The fourth-order valence-corrected chi connectivity index (χ4v) is 5.05. The fraction of sp³-hybridized carbons (Fsp3) is 0.462. The number of nitrogens with zero attached hydrogens (tertiary/aromatic N) is 2. The lowest BCUT2D eigenvalue weighted by Crippen LogP contribution is -2.59. The first-order valence-corrected chi connectivity index (χ1v) is 11.8. The quantitative estimate of drug-likeness (QED) is 0.610. The summed E-state index contributed by atoms with van der Waals surface area (Å²) in [5, 5.41) is 3.46. The molecule has 35 heavy (non-hydrogen) atoms. The second-order valence-electron chi connectivity index (χ2n) is 9.75. The number of piperidine rings is 1. The van der Waals surface area contributed by atoms with Crippen molar-refractivity contribution >= 4 is 11.8 Å². The Balaban J connectivity index is 1.56. The Morgan fingerprint density at radius 1 is 1.11 bits per heavy atom. The van der Waals surface area contributed by atoms with Crippen LogP contribution in [-0.4, -0.2) is 46.4 Å². The zero-order valence-corrected chi connectivity index (χ0v) is 19.7. The van der Waals surface area contributed by atoms with Crippen molar-refractivity contribution < 1.29 is 27.2 Å². The van der Waals surface area contributed by atoms with E-state index in [1.807, 2.05) is 13.8 Å². The van der Waals surface area contributed by atoms with Gasteiger partial charge in [-0.15, -0.1) is 0 Å². The van der Waals surface area contributed by atoms with E-state index in [2.05, 4.69) is 5.32 Å². The molecule has 1 unspecified atom stereocenters. The van der Waals surface area contributed by atoms with E-state index in [4.69, 9.17) is 0 Å². The molecule has 1 spiro atoms. The highest BCUT2D eigenvalue weighted by molar-refractivity contribution is 5.94. The molecule has 0 aliphatic carbocycles. The maximum atomic E-state index is 14.1. The maximum Gasteiger partial charge on any atom is 0.416 e. The van der Waals surface area contributed by atoms with Crippen LogP contribution in [-0.2, 0) is 17.5 Å². The van der Waals surface area contributed by atoms with Crippen LogP contribution in [0.25, 0.3) is 0 Å². The summed E-state index contributed by atoms with van der Waals surface area (Å²) >= 11 is 0. The molecule has 9 heteroatoms. The number of carbonyl (C=O) groups is 2. The van der Waals surface area contributed by atoms with Gasteiger partial charge in [0.25, 0.3) is 5.91 Å². The van der Waals surface area contributed by atoms with Gasteiger partial charge in [0.2, 0.25) is 5.91 Å². The highest BCUT2D eigenvalue weighted by Crippen LogP contribution is 2.36. The van der Waals surface area contributed by atoms with Crippen LogP contribution in [0.4, 0.5) is 17.6 Å². The molecule has 1 atom stereocenters. The Labute approximate surface area is 202 Å². The largest absolute Gasteiger partial charge is 0.416 e. The minimum Gasteiger partial charge on any atom is -0.338 e. The monoisotopic (exact) mass is 491 g/mol. The van der Waals surface area contributed by atoms with E-state index < -0.39 is 35.2 Å². The summed E-state index contributed by atoms with van der Waals surface area (Å²) in [5.41, 5.74) is -1.15. The lowest BCUT2D eigenvalue weighted by Gasteiger charge is -2.44. The summed E-state index contributed by atoms with van der Waals surface area (Å²) in [4.78, 5) is 29.5. The standard InChI is InChI=1S/C26H29F4N3O2/c1-17(2)14-22-24(35)33(16-18-6-5-7-19(15-18)26(28,29)30)25(31-22)10-12-32(13-11-25)23(34)20-8-3-4-9-21(20)27/h3-9,15,17,22,31H,10-14,16H2,1-2H3. The number of rotatable bonds is 5. The molecular formula is C26H29F4N3O2. The minimum absolute atomic E-state index is 0.00239. The molecule has 1 N–H and O–H groups in total. The molecule has 2 amide bonds. The molecule has 2 aromatic rings. The van der Waals surface area contributed by atoms with Gasteiger partial charge in [0.1, 0.15) is 5.82 Å². The van der Waals surface area contributed by atoms with Crippen LogP contribution >= 0.6 is 0 Å². The Kier molecular flexibility index (Phi) is 6.90. The average molecular weight is 492 g/mol. The van der Waals surface area contributed by atoms with Crippen molar-refractivity contribution in [1.82, 2.24) is 15.1 Å². The van der Waals surface area contributed by atoms with Crippen LogP contribution in [0, 0.1) is 11.7 Å². The summed E-state index contributed by atoms with van der Waals surface area (Å²) < 4.78 is 53.9. The van der Waals surface area contributed by atoms with Gasteiger partial charge in [-0.1, -0.05) is 38.1 Å². The first-order chi connectivity index (χ1) is 16.5. The topological polar surface area (TPSA) is 52.7 Å². The van der Waals surface area contributed by atoms with Crippen LogP contribution < -0.4 is 5.32 Å². The molecule has 2 fully saturated rings. The Bertz CT molecular complexity index is 1090. The number of likely N-dealkylation sites (tertiary alicyclic amines) is 1. The third-order valence-electron chi connectivity index (χ3n) is 6.81.